The number of benzene rings is 1. The Hall–Kier alpha value is -2.84. The number of thiophene rings is 1. The molecule has 0 bridgehead atoms. The number of aliphatic hydroxyl groups excluding tert-OH is 1. The van der Waals surface area contributed by atoms with Crippen LogP contribution in [0.4, 0.5) is 0 Å². The monoisotopic (exact) mass is 414 g/mol. The fourth-order valence-corrected chi connectivity index (χ4v) is 4.35. The predicted octanol–water partition coefficient (Wildman–Crippen LogP) is 2.50. The molecule has 0 spiro atoms. The molecule has 8 heteroatoms. The van der Waals surface area contributed by atoms with Crippen LogP contribution in [0.5, 0.6) is 11.5 Å². The van der Waals surface area contributed by atoms with Crippen molar-refractivity contribution in [2.24, 2.45) is 0 Å². The van der Waals surface area contributed by atoms with Gasteiger partial charge in [-0.15, -0.1) is 11.3 Å². The first-order chi connectivity index (χ1) is 14.0. The van der Waals surface area contributed by atoms with E-state index in [-0.39, 0.29) is 11.3 Å². The molecule has 0 aliphatic carbocycles. The molecular formula is C21H22N2O5S. The molecule has 0 radical (unpaired) electrons. The zero-order valence-corrected chi connectivity index (χ0v) is 17.1. The molecule has 1 atom stereocenters. The number of rotatable bonds is 5. The van der Waals surface area contributed by atoms with Gasteiger partial charge in [-0.2, -0.15) is 0 Å². The van der Waals surface area contributed by atoms with E-state index in [1.165, 1.54) is 16.2 Å². The topological polar surface area (TPSA) is 79.3 Å². The van der Waals surface area contributed by atoms with Gasteiger partial charge in [0.2, 0.25) is 0 Å². The standard InChI is InChI=1S/C21H22N2O5S/c1-22(2)7-8-23-18(16-4-3-11-29-16)17(20(25)21(23)26)19(24)13-5-6-14-15(12-13)28-10-9-27-14/h3-6,11-12,18,24H,7-10H2,1-2H3/b19-17+. The van der Waals surface area contributed by atoms with Crippen LogP contribution in [-0.2, 0) is 9.59 Å². The lowest BCUT2D eigenvalue weighted by molar-refractivity contribution is -0.140. The average Bonchev–Trinajstić information content (AvgIpc) is 3.33. The summed E-state index contributed by atoms with van der Waals surface area (Å²) in [4.78, 5) is 30.0. The van der Waals surface area contributed by atoms with Gasteiger partial charge in [0.05, 0.1) is 11.6 Å². The van der Waals surface area contributed by atoms with Crippen molar-refractivity contribution in [3.8, 4) is 11.5 Å². The lowest BCUT2D eigenvalue weighted by Crippen LogP contribution is -2.35. The Balaban J connectivity index is 1.79. The Morgan fingerprint density at radius 2 is 1.97 bits per heavy atom. The maximum Gasteiger partial charge on any atom is 0.295 e. The number of hydrogen-bond acceptors (Lipinski definition) is 7. The highest BCUT2D eigenvalue weighted by Crippen LogP contribution is 2.42. The van der Waals surface area contributed by atoms with Crippen LogP contribution in [0.1, 0.15) is 16.5 Å². The highest BCUT2D eigenvalue weighted by Gasteiger charge is 2.46. The summed E-state index contributed by atoms with van der Waals surface area (Å²) in [6, 6.07) is 8.15. The second kappa shape index (κ2) is 7.88. The van der Waals surface area contributed by atoms with Crippen LogP contribution in [-0.4, -0.2) is 67.0 Å². The molecule has 1 aromatic carbocycles. The molecule has 0 saturated carbocycles. The first-order valence-corrected chi connectivity index (χ1v) is 10.2. The maximum absolute atomic E-state index is 12.9. The molecule has 3 heterocycles. The van der Waals surface area contributed by atoms with Crippen molar-refractivity contribution in [3.05, 3.63) is 51.7 Å². The van der Waals surface area contributed by atoms with Gasteiger partial charge in [0.25, 0.3) is 11.7 Å². The summed E-state index contributed by atoms with van der Waals surface area (Å²) in [6.07, 6.45) is 0. The Labute approximate surface area is 172 Å². The minimum atomic E-state index is -0.672. The van der Waals surface area contributed by atoms with Gasteiger partial charge in [0.1, 0.15) is 19.0 Å². The van der Waals surface area contributed by atoms with Crippen molar-refractivity contribution in [2.75, 3.05) is 40.4 Å². The summed E-state index contributed by atoms with van der Waals surface area (Å²) in [5.41, 5.74) is 0.522. The molecule has 1 aromatic heterocycles. The normalized spacial score (nSPS) is 20.5. The number of ether oxygens (including phenoxy) is 2. The summed E-state index contributed by atoms with van der Waals surface area (Å²) in [5, 5.41) is 12.9. The van der Waals surface area contributed by atoms with E-state index in [9.17, 15) is 14.7 Å². The van der Waals surface area contributed by atoms with E-state index in [0.29, 0.717) is 43.4 Å². The second-order valence-corrected chi connectivity index (χ2v) is 8.15. The number of carbonyl (C=O) groups is 2. The highest BCUT2D eigenvalue weighted by molar-refractivity contribution is 7.10. The van der Waals surface area contributed by atoms with Crippen LogP contribution < -0.4 is 9.47 Å². The van der Waals surface area contributed by atoms with Gasteiger partial charge in [0, 0.05) is 23.5 Å². The Kier molecular flexibility index (Phi) is 5.29. The van der Waals surface area contributed by atoms with Crippen molar-refractivity contribution < 1.29 is 24.2 Å². The fraction of sp³-hybridized carbons (Fsp3) is 0.333. The van der Waals surface area contributed by atoms with Gasteiger partial charge in [0.15, 0.2) is 11.5 Å². The van der Waals surface area contributed by atoms with Crippen molar-refractivity contribution in [3.63, 3.8) is 0 Å². The zero-order valence-electron chi connectivity index (χ0n) is 16.3. The first-order valence-electron chi connectivity index (χ1n) is 9.34. The van der Waals surface area contributed by atoms with E-state index in [1.807, 2.05) is 36.5 Å². The molecule has 1 unspecified atom stereocenters. The average molecular weight is 414 g/mol. The Bertz CT molecular complexity index is 967. The van der Waals surface area contributed by atoms with E-state index in [1.54, 1.807) is 18.2 Å². The summed E-state index contributed by atoms with van der Waals surface area (Å²) < 4.78 is 11.1. The van der Waals surface area contributed by atoms with Crippen molar-refractivity contribution in [2.45, 2.75) is 6.04 Å². The van der Waals surface area contributed by atoms with Crippen LogP contribution in [0, 0.1) is 0 Å². The SMILES string of the molecule is CN(C)CCN1C(=O)C(=O)/C(=C(/O)c2ccc3c(c2)OCCO3)C1c1cccs1. The molecule has 29 heavy (non-hydrogen) atoms. The summed E-state index contributed by atoms with van der Waals surface area (Å²) in [6.45, 7) is 1.88. The number of hydrogen-bond donors (Lipinski definition) is 1. The third-order valence-electron chi connectivity index (χ3n) is 4.96. The minimum absolute atomic E-state index is 0.105. The van der Waals surface area contributed by atoms with E-state index >= 15 is 0 Å². The van der Waals surface area contributed by atoms with E-state index in [0.717, 1.165) is 4.88 Å². The number of fused-ring (bicyclic) bond motifs is 1. The second-order valence-electron chi connectivity index (χ2n) is 7.17. The molecule has 2 aliphatic heterocycles. The van der Waals surface area contributed by atoms with Gasteiger partial charge >= 0.3 is 0 Å². The molecule has 2 aromatic rings. The largest absolute Gasteiger partial charge is 0.507 e. The van der Waals surface area contributed by atoms with Gasteiger partial charge in [-0.25, -0.2) is 0 Å². The first kappa shape index (κ1) is 19.5. The number of carbonyl (C=O) groups excluding carboxylic acids is 2. The molecule has 152 valence electrons. The van der Waals surface area contributed by atoms with Crippen LogP contribution in [0.3, 0.4) is 0 Å². The Morgan fingerprint density at radius 3 is 2.66 bits per heavy atom. The van der Waals surface area contributed by atoms with Crippen LogP contribution in [0.25, 0.3) is 5.76 Å². The minimum Gasteiger partial charge on any atom is -0.507 e. The molecule has 7 nitrogen and oxygen atoms in total. The molecule has 1 saturated heterocycles. The summed E-state index contributed by atoms with van der Waals surface area (Å²) in [7, 11) is 3.82. The molecule has 1 fully saturated rings. The third-order valence-corrected chi connectivity index (χ3v) is 5.88. The number of Topliss-reactive ketones (excluding diaryl/α,β-unsaturated/α-hetero) is 1. The molecule has 4 rings (SSSR count). The number of likely N-dealkylation sites (tertiary alicyclic amines) is 1. The van der Waals surface area contributed by atoms with Gasteiger partial charge in [-0.1, -0.05) is 6.07 Å². The van der Waals surface area contributed by atoms with Crippen molar-refractivity contribution in [1.29, 1.82) is 0 Å². The van der Waals surface area contributed by atoms with Crippen LogP contribution in [0.15, 0.2) is 41.3 Å². The van der Waals surface area contributed by atoms with Crippen molar-refractivity contribution in [1.82, 2.24) is 9.80 Å². The Morgan fingerprint density at radius 1 is 1.21 bits per heavy atom. The zero-order chi connectivity index (χ0) is 20.5. The predicted molar refractivity (Wildman–Crippen MR) is 109 cm³/mol. The van der Waals surface area contributed by atoms with Crippen LogP contribution >= 0.6 is 11.3 Å². The van der Waals surface area contributed by atoms with E-state index < -0.39 is 17.7 Å². The lowest BCUT2D eigenvalue weighted by Gasteiger charge is -2.25. The molecule has 2 aliphatic rings. The molecule has 1 amide bonds. The summed E-state index contributed by atoms with van der Waals surface area (Å²) >= 11 is 1.45. The summed E-state index contributed by atoms with van der Waals surface area (Å²) in [5.74, 6) is -0.367. The lowest BCUT2D eigenvalue weighted by atomic mass is 9.99. The third kappa shape index (κ3) is 3.61. The molecular weight excluding hydrogens is 392 g/mol. The van der Waals surface area contributed by atoms with Crippen LogP contribution in [0.2, 0.25) is 0 Å². The number of nitrogens with zero attached hydrogens (tertiary/aromatic N) is 2. The number of aliphatic hydroxyl groups is 1. The fourth-order valence-electron chi connectivity index (χ4n) is 3.51. The van der Waals surface area contributed by atoms with Gasteiger partial charge < -0.3 is 24.4 Å². The van der Waals surface area contributed by atoms with E-state index in [4.69, 9.17) is 9.47 Å². The smallest absolute Gasteiger partial charge is 0.295 e. The van der Waals surface area contributed by atoms with Crippen molar-refractivity contribution >= 4 is 28.8 Å². The van der Waals surface area contributed by atoms with Gasteiger partial charge in [-0.3, -0.25) is 9.59 Å². The quantitative estimate of drug-likeness (QED) is 0.460. The molecule has 1 N–H and O–H groups in total. The number of ketones is 1. The number of likely N-dealkylation sites (N-methyl/N-ethyl adjacent to an activating group) is 1. The number of amides is 1. The van der Waals surface area contributed by atoms with E-state index in [2.05, 4.69) is 0 Å². The highest BCUT2D eigenvalue weighted by atomic mass is 32.1. The van der Waals surface area contributed by atoms with Gasteiger partial charge in [-0.05, 0) is 43.7 Å². The maximum atomic E-state index is 12.9.